The van der Waals surface area contributed by atoms with E-state index in [4.69, 9.17) is 22.3 Å². The van der Waals surface area contributed by atoms with Gasteiger partial charge in [-0.2, -0.15) is 0 Å². The molecular formula is C18H18O4. The summed E-state index contributed by atoms with van der Waals surface area (Å²) in [6, 6.07) is 7.17. The minimum atomic E-state index is -0.602. The highest BCUT2D eigenvalue weighted by Gasteiger charge is 2.23. The van der Waals surface area contributed by atoms with E-state index in [-0.39, 0.29) is 12.8 Å². The Bertz CT molecular complexity index is 564. The van der Waals surface area contributed by atoms with Gasteiger partial charge in [0.2, 0.25) is 0 Å². The zero-order chi connectivity index (χ0) is 16.5. The van der Waals surface area contributed by atoms with E-state index in [0.29, 0.717) is 11.1 Å². The zero-order valence-electron chi connectivity index (χ0n) is 12.7. The third-order valence-electron chi connectivity index (χ3n) is 2.91. The first-order valence-electron chi connectivity index (χ1n) is 6.79. The lowest BCUT2D eigenvalue weighted by molar-refractivity contribution is -0.148. The van der Waals surface area contributed by atoms with E-state index in [1.165, 1.54) is 13.8 Å². The first-order valence-corrected chi connectivity index (χ1v) is 6.79. The van der Waals surface area contributed by atoms with Crippen LogP contribution < -0.4 is 0 Å². The maximum Gasteiger partial charge on any atom is 0.303 e. The quantitative estimate of drug-likeness (QED) is 0.598. The van der Waals surface area contributed by atoms with E-state index < -0.39 is 24.1 Å². The minimum Gasteiger partial charge on any atom is -0.457 e. The average Bonchev–Trinajstić information content (AvgIpc) is 2.45. The fourth-order valence-electron chi connectivity index (χ4n) is 2.14. The molecule has 0 aliphatic heterocycles. The maximum atomic E-state index is 11.3. The monoisotopic (exact) mass is 298 g/mol. The third-order valence-corrected chi connectivity index (χ3v) is 2.91. The lowest BCUT2D eigenvalue weighted by atomic mass is 9.95. The zero-order valence-corrected chi connectivity index (χ0v) is 12.7. The Kier molecular flexibility index (Phi) is 6.73. The third kappa shape index (κ3) is 5.00. The van der Waals surface area contributed by atoms with Crippen LogP contribution in [0.2, 0.25) is 0 Å². The SMILES string of the molecule is C#CC[C@H](OC(C)=O)c1ccccc1[C@@H](CC#C)OC(C)=O. The van der Waals surface area contributed by atoms with Crippen LogP contribution in [0.3, 0.4) is 0 Å². The molecule has 0 heterocycles. The number of ether oxygens (including phenoxy) is 2. The summed E-state index contributed by atoms with van der Waals surface area (Å²) in [5, 5.41) is 0. The minimum absolute atomic E-state index is 0.222. The molecule has 0 aliphatic rings. The van der Waals surface area contributed by atoms with Gasteiger partial charge in [0.25, 0.3) is 0 Å². The van der Waals surface area contributed by atoms with E-state index in [2.05, 4.69) is 11.8 Å². The number of esters is 2. The molecule has 4 nitrogen and oxygen atoms in total. The lowest BCUT2D eigenvalue weighted by Gasteiger charge is -2.23. The normalized spacial score (nSPS) is 12.4. The summed E-state index contributed by atoms with van der Waals surface area (Å²) in [4.78, 5) is 22.6. The van der Waals surface area contributed by atoms with Crippen molar-refractivity contribution in [2.24, 2.45) is 0 Å². The summed E-state index contributed by atoms with van der Waals surface area (Å²) in [7, 11) is 0. The van der Waals surface area contributed by atoms with Crippen molar-refractivity contribution in [2.75, 3.05) is 0 Å². The van der Waals surface area contributed by atoms with Gasteiger partial charge in [0, 0.05) is 25.0 Å². The Hall–Kier alpha value is -2.72. The summed E-state index contributed by atoms with van der Waals surface area (Å²) in [5.41, 5.74) is 1.38. The van der Waals surface area contributed by atoms with Gasteiger partial charge in [-0.05, 0) is 0 Å². The van der Waals surface area contributed by atoms with Gasteiger partial charge >= 0.3 is 11.9 Å². The summed E-state index contributed by atoms with van der Waals surface area (Å²) >= 11 is 0. The molecule has 22 heavy (non-hydrogen) atoms. The number of carbonyl (C=O) groups is 2. The molecular weight excluding hydrogens is 280 g/mol. The molecule has 0 spiro atoms. The Morgan fingerprint density at radius 3 is 1.59 bits per heavy atom. The second kappa shape index (κ2) is 8.54. The molecule has 0 aromatic heterocycles. The number of carbonyl (C=O) groups excluding carboxylic acids is 2. The van der Waals surface area contributed by atoms with Crippen LogP contribution in [0.4, 0.5) is 0 Å². The molecule has 0 aliphatic carbocycles. The summed E-state index contributed by atoms with van der Waals surface area (Å²) in [5.74, 6) is 4.10. The van der Waals surface area contributed by atoms with E-state index >= 15 is 0 Å². The van der Waals surface area contributed by atoms with E-state index in [0.717, 1.165) is 0 Å². The van der Waals surface area contributed by atoms with Crippen LogP contribution in [0.25, 0.3) is 0 Å². The number of hydrogen-bond acceptors (Lipinski definition) is 4. The van der Waals surface area contributed by atoms with Gasteiger partial charge in [-0.1, -0.05) is 24.3 Å². The van der Waals surface area contributed by atoms with Crippen molar-refractivity contribution < 1.29 is 19.1 Å². The van der Waals surface area contributed by atoms with Crippen LogP contribution in [0.5, 0.6) is 0 Å². The van der Waals surface area contributed by atoms with Gasteiger partial charge in [0.05, 0.1) is 12.8 Å². The fourth-order valence-corrected chi connectivity index (χ4v) is 2.14. The molecule has 2 atom stereocenters. The first-order chi connectivity index (χ1) is 10.5. The maximum absolute atomic E-state index is 11.3. The number of rotatable bonds is 6. The van der Waals surface area contributed by atoms with Crippen LogP contribution in [-0.2, 0) is 19.1 Å². The van der Waals surface area contributed by atoms with Crippen LogP contribution >= 0.6 is 0 Å². The van der Waals surface area contributed by atoms with Gasteiger partial charge in [-0.25, -0.2) is 0 Å². The highest BCUT2D eigenvalue weighted by Crippen LogP contribution is 2.32. The predicted molar refractivity (Wildman–Crippen MR) is 82.4 cm³/mol. The van der Waals surface area contributed by atoms with Gasteiger partial charge in [-0.3, -0.25) is 9.59 Å². The van der Waals surface area contributed by atoms with Crippen molar-refractivity contribution in [2.45, 2.75) is 38.9 Å². The Morgan fingerprint density at radius 1 is 0.955 bits per heavy atom. The standard InChI is InChI=1S/C18H18O4/c1-5-9-17(21-13(3)19)15-11-7-8-12-16(15)18(10-6-2)22-14(4)20/h1-2,7-8,11-12,17-18H,9-10H2,3-4H3/t17-,18+. The van der Waals surface area contributed by atoms with Crippen molar-refractivity contribution >= 4 is 11.9 Å². The van der Waals surface area contributed by atoms with Crippen LogP contribution in [0, 0.1) is 24.7 Å². The molecule has 1 rings (SSSR count). The highest BCUT2D eigenvalue weighted by atomic mass is 16.5. The number of terminal acetylenes is 2. The molecule has 0 unspecified atom stereocenters. The molecule has 0 saturated carbocycles. The molecule has 0 fully saturated rings. The van der Waals surface area contributed by atoms with Gasteiger partial charge in [0.15, 0.2) is 0 Å². The van der Waals surface area contributed by atoms with E-state index in [1.54, 1.807) is 24.3 Å². The van der Waals surface area contributed by atoms with Crippen molar-refractivity contribution in [3.05, 3.63) is 35.4 Å². The molecule has 0 bridgehead atoms. The number of benzene rings is 1. The summed E-state index contributed by atoms with van der Waals surface area (Å²) < 4.78 is 10.6. The second-order valence-electron chi connectivity index (χ2n) is 4.64. The van der Waals surface area contributed by atoms with E-state index in [1.807, 2.05) is 0 Å². The van der Waals surface area contributed by atoms with Crippen LogP contribution in [0.15, 0.2) is 24.3 Å². The molecule has 4 heteroatoms. The lowest BCUT2D eigenvalue weighted by Crippen LogP contribution is -2.15. The Morgan fingerprint density at radius 2 is 1.32 bits per heavy atom. The Labute approximate surface area is 130 Å². The molecule has 1 aromatic rings. The molecule has 114 valence electrons. The second-order valence-corrected chi connectivity index (χ2v) is 4.64. The van der Waals surface area contributed by atoms with Crippen molar-refractivity contribution in [1.82, 2.24) is 0 Å². The molecule has 0 N–H and O–H groups in total. The van der Waals surface area contributed by atoms with Crippen LogP contribution in [-0.4, -0.2) is 11.9 Å². The molecule has 1 aromatic carbocycles. The topological polar surface area (TPSA) is 52.6 Å². The van der Waals surface area contributed by atoms with Gasteiger partial charge in [-0.15, -0.1) is 24.7 Å². The van der Waals surface area contributed by atoms with Crippen molar-refractivity contribution in [3.63, 3.8) is 0 Å². The first kappa shape index (κ1) is 17.3. The molecule has 0 saturated heterocycles. The fraction of sp³-hybridized carbons (Fsp3) is 0.333. The van der Waals surface area contributed by atoms with Gasteiger partial charge < -0.3 is 9.47 Å². The molecule has 0 amide bonds. The predicted octanol–water partition coefficient (Wildman–Crippen LogP) is 2.94. The van der Waals surface area contributed by atoms with E-state index in [9.17, 15) is 9.59 Å². The van der Waals surface area contributed by atoms with Crippen LogP contribution in [0.1, 0.15) is 50.0 Å². The summed E-state index contributed by atoms with van der Waals surface area (Å²) in [6.07, 6.45) is 9.94. The average molecular weight is 298 g/mol. The summed E-state index contributed by atoms with van der Waals surface area (Å²) in [6.45, 7) is 2.63. The highest BCUT2D eigenvalue weighted by molar-refractivity contribution is 5.67. The Balaban J connectivity index is 3.24. The van der Waals surface area contributed by atoms with Crippen molar-refractivity contribution in [3.8, 4) is 24.7 Å². The van der Waals surface area contributed by atoms with Crippen molar-refractivity contribution in [1.29, 1.82) is 0 Å². The smallest absolute Gasteiger partial charge is 0.303 e. The largest absolute Gasteiger partial charge is 0.457 e. The van der Waals surface area contributed by atoms with Gasteiger partial charge in [0.1, 0.15) is 12.2 Å². The number of hydrogen-bond donors (Lipinski definition) is 0. The molecule has 0 radical (unpaired) electrons.